The zero-order chi connectivity index (χ0) is 18.4. The molecule has 0 aliphatic rings. The van der Waals surface area contributed by atoms with Crippen LogP contribution in [0.5, 0.6) is 0 Å². The summed E-state index contributed by atoms with van der Waals surface area (Å²) in [6.45, 7) is 5.55. The van der Waals surface area contributed by atoms with Crippen LogP contribution in [0.3, 0.4) is 0 Å². The lowest BCUT2D eigenvalue weighted by molar-refractivity contribution is 0.501. The second-order valence-corrected chi connectivity index (χ2v) is 8.69. The molecule has 0 aromatic carbocycles. The van der Waals surface area contributed by atoms with E-state index >= 15 is 0 Å². The van der Waals surface area contributed by atoms with Crippen molar-refractivity contribution in [1.82, 2.24) is 0 Å². The van der Waals surface area contributed by atoms with Crippen LogP contribution < -0.4 is 5.73 Å². The Bertz CT molecular complexity index is 224. The Hall–Kier alpha value is -0.0400. The number of hydrogen-bond donors (Lipinski definition) is 1. The molecule has 0 saturated heterocycles. The molecule has 0 bridgehead atoms. The third-order valence-corrected chi connectivity index (χ3v) is 5.49. The highest BCUT2D eigenvalue weighted by Crippen LogP contribution is 2.15. The maximum absolute atomic E-state index is 5.51. The molecule has 1 heteroatoms. The number of hydrogen-bond acceptors (Lipinski definition) is 1. The molecule has 152 valence electrons. The van der Waals surface area contributed by atoms with Gasteiger partial charge < -0.3 is 5.73 Å². The predicted octanol–water partition coefficient (Wildman–Crippen LogP) is 8.40. The smallest absolute Gasteiger partial charge is 0.00773 e. The first-order chi connectivity index (χ1) is 12.3. The van der Waals surface area contributed by atoms with Crippen LogP contribution in [0.15, 0.2) is 0 Å². The summed E-state index contributed by atoms with van der Waals surface area (Å²) in [5.74, 6) is 0.895. The van der Waals surface area contributed by atoms with Crippen molar-refractivity contribution in [3.8, 4) is 0 Å². The summed E-state index contributed by atoms with van der Waals surface area (Å²) in [6.07, 6.45) is 28.9. The third kappa shape index (κ3) is 24.0. The zero-order valence-electron chi connectivity index (χ0n) is 18.0. The van der Waals surface area contributed by atoms with E-state index in [1.54, 1.807) is 0 Å². The van der Waals surface area contributed by atoms with E-state index in [4.69, 9.17) is 5.73 Å². The molecule has 1 nitrogen and oxygen atoms in total. The summed E-state index contributed by atoms with van der Waals surface area (Å²) in [4.78, 5) is 0. The van der Waals surface area contributed by atoms with Crippen molar-refractivity contribution >= 4 is 0 Å². The minimum absolute atomic E-state index is 0.873. The van der Waals surface area contributed by atoms with Crippen molar-refractivity contribution in [1.29, 1.82) is 0 Å². The molecule has 0 radical (unpaired) electrons. The van der Waals surface area contributed by atoms with Crippen LogP contribution in [-0.4, -0.2) is 6.54 Å². The SMILES string of the molecule is CC(C)CCCCCCCCCCCCCCCCCCCCCN. The molecule has 2 N–H and O–H groups in total. The van der Waals surface area contributed by atoms with Crippen LogP contribution in [0.4, 0.5) is 0 Å². The molecule has 0 atom stereocenters. The standard InChI is InChI=1S/C24H51N/c1-24(2)22-20-18-16-14-12-10-8-6-4-3-5-7-9-11-13-15-17-19-21-23-25/h24H,3-23,25H2,1-2H3. The summed E-state index contributed by atoms with van der Waals surface area (Å²) in [6, 6.07) is 0. The Kier molecular flexibility index (Phi) is 22.0. The first-order valence-corrected chi connectivity index (χ1v) is 12.0. The van der Waals surface area contributed by atoms with Gasteiger partial charge in [-0.15, -0.1) is 0 Å². The molecule has 0 aliphatic carbocycles. The molecule has 0 unspecified atom stereocenters. The molecule has 25 heavy (non-hydrogen) atoms. The quantitative estimate of drug-likeness (QED) is 0.206. The summed E-state index contributed by atoms with van der Waals surface area (Å²) in [7, 11) is 0. The van der Waals surface area contributed by atoms with Crippen molar-refractivity contribution in [2.24, 2.45) is 11.7 Å². The molecule has 0 aromatic rings. The molecule has 0 rings (SSSR count). The fourth-order valence-corrected chi connectivity index (χ4v) is 3.70. The summed E-state index contributed by atoms with van der Waals surface area (Å²) >= 11 is 0. The van der Waals surface area contributed by atoms with Gasteiger partial charge >= 0.3 is 0 Å². The lowest BCUT2D eigenvalue weighted by Gasteiger charge is -2.05. The number of rotatable bonds is 21. The second-order valence-electron chi connectivity index (χ2n) is 8.69. The number of nitrogens with two attached hydrogens (primary N) is 1. The summed E-state index contributed by atoms with van der Waals surface area (Å²) < 4.78 is 0. The van der Waals surface area contributed by atoms with Crippen molar-refractivity contribution in [2.45, 2.75) is 142 Å². The van der Waals surface area contributed by atoms with E-state index < -0.39 is 0 Å². The first-order valence-electron chi connectivity index (χ1n) is 12.0. The minimum Gasteiger partial charge on any atom is -0.330 e. The van der Waals surface area contributed by atoms with Gasteiger partial charge in [-0.2, -0.15) is 0 Å². The lowest BCUT2D eigenvalue weighted by Crippen LogP contribution is -1.97. The Balaban J connectivity index is 2.96. The van der Waals surface area contributed by atoms with Gasteiger partial charge in [0.15, 0.2) is 0 Å². The molecule has 0 heterocycles. The summed E-state index contributed by atoms with van der Waals surface area (Å²) in [5.41, 5.74) is 5.51. The van der Waals surface area contributed by atoms with Gasteiger partial charge in [0.25, 0.3) is 0 Å². The lowest BCUT2D eigenvalue weighted by atomic mass is 10.0. The first kappa shape index (κ1) is 25.0. The van der Waals surface area contributed by atoms with Gasteiger partial charge in [-0.05, 0) is 18.9 Å². The monoisotopic (exact) mass is 353 g/mol. The van der Waals surface area contributed by atoms with E-state index in [9.17, 15) is 0 Å². The molecule has 0 amide bonds. The van der Waals surface area contributed by atoms with Crippen LogP contribution in [0.2, 0.25) is 0 Å². The van der Waals surface area contributed by atoms with E-state index in [1.165, 1.54) is 128 Å². The fraction of sp³-hybridized carbons (Fsp3) is 1.00. The van der Waals surface area contributed by atoms with Gasteiger partial charge in [-0.1, -0.05) is 136 Å². The Labute approximate surface area is 160 Å². The van der Waals surface area contributed by atoms with E-state index in [0.29, 0.717) is 0 Å². The molecule has 0 spiro atoms. The fourth-order valence-electron chi connectivity index (χ4n) is 3.70. The predicted molar refractivity (Wildman–Crippen MR) is 116 cm³/mol. The normalized spacial score (nSPS) is 11.5. The van der Waals surface area contributed by atoms with Gasteiger partial charge in [0, 0.05) is 0 Å². The van der Waals surface area contributed by atoms with Crippen LogP contribution in [0, 0.1) is 5.92 Å². The Morgan fingerprint density at radius 2 is 0.640 bits per heavy atom. The van der Waals surface area contributed by atoms with E-state index in [2.05, 4.69) is 13.8 Å². The van der Waals surface area contributed by atoms with Gasteiger partial charge in [0.05, 0.1) is 0 Å². The van der Waals surface area contributed by atoms with Crippen LogP contribution in [0.1, 0.15) is 142 Å². The van der Waals surface area contributed by atoms with Gasteiger partial charge in [0.1, 0.15) is 0 Å². The Morgan fingerprint density at radius 3 is 0.880 bits per heavy atom. The number of unbranched alkanes of at least 4 members (excludes halogenated alkanes) is 18. The molecule has 0 aromatic heterocycles. The minimum atomic E-state index is 0.873. The zero-order valence-corrected chi connectivity index (χ0v) is 18.0. The van der Waals surface area contributed by atoms with Gasteiger partial charge in [0.2, 0.25) is 0 Å². The molecular weight excluding hydrogens is 302 g/mol. The maximum atomic E-state index is 5.51. The van der Waals surface area contributed by atoms with Crippen molar-refractivity contribution < 1.29 is 0 Å². The van der Waals surface area contributed by atoms with Gasteiger partial charge in [-0.3, -0.25) is 0 Å². The molecule has 0 saturated carbocycles. The van der Waals surface area contributed by atoms with E-state index in [0.717, 1.165) is 12.5 Å². The third-order valence-electron chi connectivity index (χ3n) is 5.49. The largest absolute Gasteiger partial charge is 0.330 e. The van der Waals surface area contributed by atoms with Crippen LogP contribution in [0.25, 0.3) is 0 Å². The second kappa shape index (κ2) is 22.0. The maximum Gasteiger partial charge on any atom is -0.00773 e. The van der Waals surface area contributed by atoms with Crippen molar-refractivity contribution in [3.05, 3.63) is 0 Å². The average Bonchev–Trinajstić information content (AvgIpc) is 2.60. The van der Waals surface area contributed by atoms with E-state index in [1.807, 2.05) is 0 Å². The molecule has 0 fully saturated rings. The van der Waals surface area contributed by atoms with Crippen molar-refractivity contribution in [2.75, 3.05) is 6.54 Å². The van der Waals surface area contributed by atoms with Crippen LogP contribution in [-0.2, 0) is 0 Å². The highest BCUT2D eigenvalue weighted by atomic mass is 14.5. The molecule has 0 aliphatic heterocycles. The average molecular weight is 354 g/mol. The topological polar surface area (TPSA) is 26.0 Å². The highest BCUT2D eigenvalue weighted by Gasteiger charge is 1.96. The van der Waals surface area contributed by atoms with Crippen LogP contribution >= 0.6 is 0 Å². The van der Waals surface area contributed by atoms with Crippen molar-refractivity contribution in [3.63, 3.8) is 0 Å². The highest BCUT2D eigenvalue weighted by molar-refractivity contribution is 4.51. The summed E-state index contributed by atoms with van der Waals surface area (Å²) in [5, 5.41) is 0. The van der Waals surface area contributed by atoms with Gasteiger partial charge in [-0.25, -0.2) is 0 Å². The Morgan fingerprint density at radius 1 is 0.400 bits per heavy atom. The molecular formula is C24H51N. The van der Waals surface area contributed by atoms with E-state index in [-0.39, 0.29) is 0 Å².